The predicted octanol–water partition coefficient (Wildman–Crippen LogP) is 6.74. The van der Waals surface area contributed by atoms with E-state index in [2.05, 4.69) is 37.3 Å². The Bertz CT molecular complexity index is 976. The first-order valence-corrected chi connectivity index (χ1v) is 11.0. The standard InChI is InChI=1S/C26H28O4/c1-19(25-18-27-26(30-29-25)16-5-2-6-17-26)20-12-14-22(15-13-20)28-24-11-7-9-21-8-3-4-10-23(21)24/h3-4,7-15,19,25H,2,5-6,16-18H2,1H3/t19-,25?/m1/s1. The third kappa shape index (κ3) is 3.95. The number of fused-ring (bicyclic) bond motifs is 1. The van der Waals surface area contributed by atoms with Crippen LogP contribution in [0.4, 0.5) is 0 Å². The van der Waals surface area contributed by atoms with Gasteiger partial charge in [0.25, 0.3) is 0 Å². The van der Waals surface area contributed by atoms with Gasteiger partial charge in [-0.2, -0.15) is 0 Å². The molecule has 3 aromatic carbocycles. The zero-order chi connectivity index (χ0) is 20.4. The van der Waals surface area contributed by atoms with Crippen LogP contribution in [0.1, 0.15) is 50.5 Å². The van der Waals surface area contributed by atoms with Crippen LogP contribution in [0.3, 0.4) is 0 Å². The maximum Gasteiger partial charge on any atom is 0.201 e. The molecule has 0 radical (unpaired) electrons. The van der Waals surface area contributed by atoms with Gasteiger partial charge in [-0.1, -0.05) is 61.9 Å². The minimum absolute atomic E-state index is 0.109. The summed E-state index contributed by atoms with van der Waals surface area (Å²) in [7, 11) is 0. The molecule has 3 aromatic rings. The van der Waals surface area contributed by atoms with Gasteiger partial charge in [0.05, 0.1) is 6.61 Å². The molecule has 2 aliphatic rings. The van der Waals surface area contributed by atoms with Crippen molar-refractivity contribution in [3.05, 3.63) is 72.3 Å². The van der Waals surface area contributed by atoms with Crippen molar-refractivity contribution in [2.24, 2.45) is 0 Å². The van der Waals surface area contributed by atoms with Crippen LogP contribution in [0.2, 0.25) is 0 Å². The fourth-order valence-electron chi connectivity index (χ4n) is 4.45. The van der Waals surface area contributed by atoms with Gasteiger partial charge in [-0.25, -0.2) is 9.78 Å². The van der Waals surface area contributed by atoms with Gasteiger partial charge in [0.2, 0.25) is 5.79 Å². The highest BCUT2D eigenvalue weighted by Gasteiger charge is 2.41. The van der Waals surface area contributed by atoms with Crippen molar-refractivity contribution in [3.8, 4) is 11.5 Å². The smallest absolute Gasteiger partial charge is 0.201 e. The van der Waals surface area contributed by atoms with E-state index in [1.165, 1.54) is 17.4 Å². The average Bonchev–Trinajstić information content (AvgIpc) is 2.80. The first kappa shape index (κ1) is 19.6. The lowest BCUT2D eigenvalue weighted by atomic mass is 9.92. The maximum atomic E-state index is 6.17. The summed E-state index contributed by atoms with van der Waals surface area (Å²) in [5, 5.41) is 2.28. The summed E-state index contributed by atoms with van der Waals surface area (Å²) in [5.74, 6) is 1.34. The molecule has 0 aromatic heterocycles. The van der Waals surface area contributed by atoms with Gasteiger partial charge in [0.1, 0.15) is 17.6 Å². The van der Waals surface area contributed by atoms with E-state index in [4.69, 9.17) is 19.2 Å². The van der Waals surface area contributed by atoms with Gasteiger partial charge in [-0.3, -0.25) is 0 Å². The highest BCUT2D eigenvalue weighted by atomic mass is 17.2. The summed E-state index contributed by atoms with van der Waals surface area (Å²) in [6, 6.07) is 22.6. The number of rotatable bonds is 4. The van der Waals surface area contributed by atoms with Crippen LogP contribution in [0.25, 0.3) is 10.8 Å². The van der Waals surface area contributed by atoms with Crippen LogP contribution in [0.15, 0.2) is 66.7 Å². The monoisotopic (exact) mass is 404 g/mol. The second-order valence-corrected chi connectivity index (χ2v) is 8.44. The molecule has 0 bridgehead atoms. The van der Waals surface area contributed by atoms with Gasteiger partial charge < -0.3 is 9.47 Å². The molecular formula is C26H28O4. The van der Waals surface area contributed by atoms with E-state index in [0.29, 0.717) is 6.61 Å². The Balaban J connectivity index is 1.25. The zero-order valence-corrected chi connectivity index (χ0v) is 17.4. The molecule has 1 saturated heterocycles. The van der Waals surface area contributed by atoms with Crippen molar-refractivity contribution < 1.29 is 19.2 Å². The average molecular weight is 405 g/mol. The minimum atomic E-state index is -0.509. The maximum absolute atomic E-state index is 6.17. The molecule has 4 heteroatoms. The summed E-state index contributed by atoms with van der Waals surface area (Å²) in [6.07, 6.45) is 5.27. The fourth-order valence-corrected chi connectivity index (χ4v) is 4.45. The van der Waals surface area contributed by atoms with Crippen LogP contribution < -0.4 is 4.74 Å². The molecule has 30 heavy (non-hydrogen) atoms. The van der Waals surface area contributed by atoms with Crippen LogP contribution in [0.5, 0.6) is 11.5 Å². The van der Waals surface area contributed by atoms with E-state index in [9.17, 15) is 0 Å². The van der Waals surface area contributed by atoms with E-state index < -0.39 is 5.79 Å². The molecule has 1 saturated carbocycles. The second kappa shape index (κ2) is 8.38. The van der Waals surface area contributed by atoms with E-state index in [-0.39, 0.29) is 12.0 Å². The quantitative estimate of drug-likeness (QED) is 0.451. The number of benzene rings is 3. The molecule has 1 aliphatic heterocycles. The lowest BCUT2D eigenvalue weighted by Crippen LogP contribution is -2.47. The van der Waals surface area contributed by atoms with Crippen LogP contribution >= 0.6 is 0 Å². The summed E-state index contributed by atoms with van der Waals surface area (Å²) in [5.41, 5.74) is 1.18. The molecule has 1 spiro atoms. The van der Waals surface area contributed by atoms with Crippen molar-refractivity contribution in [3.63, 3.8) is 0 Å². The first-order valence-electron chi connectivity index (χ1n) is 11.0. The SMILES string of the molecule is C[C@H](c1ccc(Oc2cccc3ccccc23)cc1)C1COC2(CCCCC2)OO1. The molecule has 156 valence electrons. The highest BCUT2D eigenvalue weighted by molar-refractivity contribution is 5.88. The predicted molar refractivity (Wildman–Crippen MR) is 117 cm³/mol. The number of hydrogen-bond donors (Lipinski definition) is 0. The summed E-state index contributed by atoms with van der Waals surface area (Å²) >= 11 is 0. The Labute approximate surface area is 177 Å². The van der Waals surface area contributed by atoms with Gasteiger partial charge in [-0.05, 0) is 42.0 Å². The van der Waals surface area contributed by atoms with E-state index in [1.807, 2.05) is 36.4 Å². The molecule has 1 unspecified atom stereocenters. The van der Waals surface area contributed by atoms with Gasteiger partial charge in [0, 0.05) is 24.1 Å². The van der Waals surface area contributed by atoms with Crippen molar-refractivity contribution >= 4 is 10.8 Å². The Kier molecular flexibility index (Phi) is 5.47. The Morgan fingerprint density at radius 1 is 0.900 bits per heavy atom. The molecule has 4 nitrogen and oxygen atoms in total. The lowest BCUT2D eigenvalue weighted by Gasteiger charge is -2.42. The van der Waals surface area contributed by atoms with Gasteiger partial charge in [-0.15, -0.1) is 0 Å². The lowest BCUT2D eigenvalue weighted by molar-refractivity contribution is -0.493. The largest absolute Gasteiger partial charge is 0.457 e. The summed E-state index contributed by atoms with van der Waals surface area (Å²) in [6.45, 7) is 2.71. The van der Waals surface area contributed by atoms with E-state index in [0.717, 1.165) is 42.6 Å². The van der Waals surface area contributed by atoms with E-state index >= 15 is 0 Å². The molecular weight excluding hydrogens is 376 g/mol. The molecule has 1 heterocycles. The van der Waals surface area contributed by atoms with E-state index in [1.54, 1.807) is 0 Å². The molecule has 1 aliphatic carbocycles. The first-order chi connectivity index (χ1) is 14.7. The van der Waals surface area contributed by atoms with Crippen molar-refractivity contribution in [1.29, 1.82) is 0 Å². The summed E-state index contributed by atoms with van der Waals surface area (Å²) < 4.78 is 12.3. The Morgan fingerprint density at radius 3 is 2.43 bits per heavy atom. The Morgan fingerprint density at radius 2 is 1.67 bits per heavy atom. The van der Waals surface area contributed by atoms with Crippen molar-refractivity contribution in [1.82, 2.24) is 0 Å². The second-order valence-electron chi connectivity index (χ2n) is 8.44. The highest BCUT2D eigenvalue weighted by Crippen LogP contribution is 2.38. The summed E-state index contributed by atoms with van der Waals surface area (Å²) in [4.78, 5) is 11.6. The van der Waals surface area contributed by atoms with Crippen molar-refractivity contribution in [2.45, 2.75) is 56.8 Å². The molecule has 2 atom stereocenters. The molecule has 5 rings (SSSR count). The topological polar surface area (TPSA) is 36.9 Å². The fraction of sp³-hybridized carbons (Fsp3) is 0.385. The normalized spacial score (nSPS) is 22.1. The number of ether oxygens (including phenoxy) is 2. The molecule has 0 N–H and O–H groups in total. The third-order valence-electron chi connectivity index (χ3n) is 6.39. The molecule has 0 amide bonds. The van der Waals surface area contributed by atoms with Gasteiger partial charge >= 0.3 is 0 Å². The Hall–Kier alpha value is -2.40. The number of hydrogen-bond acceptors (Lipinski definition) is 4. The molecule has 2 fully saturated rings. The van der Waals surface area contributed by atoms with Crippen LogP contribution in [-0.4, -0.2) is 18.5 Å². The zero-order valence-electron chi connectivity index (χ0n) is 17.4. The van der Waals surface area contributed by atoms with Gasteiger partial charge in [0.15, 0.2) is 0 Å². The minimum Gasteiger partial charge on any atom is -0.457 e. The van der Waals surface area contributed by atoms with Crippen molar-refractivity contribution in [2.75, 3.05) is 6.61 Å². The van der Waals surface area contributed by atoms with Crippen LogP contribution in [0, 0.1) is 0 Å². The van der Waals surface area contributed by atoms with Crippen LogP contribution in [-0.2, 0) is 14.5 Å². The third-order valence-corrected chi connectivity index (χ3v) is 6.39.